The van der Waals surface area contributed by atoms with Crippen molar-refractivity contribution >= 4 is 23.2 Å². The summed E-state index contributed by atoms with van der Waals surface area (Å²) in [4.78, 5) is 25.6. The van der Waals surface area contributed by atoms with Gasteiger partial charge in [0.25, 0.3) is 0 Å². The molecule has 1 aromatic carbocycles. The highest BCUT2D eigenvalue weighted by molar-refractivity contribution is 5.94. The standard InChI is InChI=1S/C18H25N3O2/c1-4-8-17(22)19-15-9-7-10-16(13-15)20-18(23)14-21(11-5-2)12-6-3/h5-7,9-10,13H,2-4,8,11-12,14H2,1H3,(H,19,22)(H,20,23). The summed E-state index contributed by atoms with van der Waals surface area (Å²) >= 11 is 0. The van der Waals surface area contributed by atoms with E-state index in [2.05, 4.69) is 23.8 Å². The lowest BCUT2D eigenvalue weighted by molar-refractivity contribution is -0.117. The minimum atomic E-state index is -0.120. The van der Waals surface area contributed by atoms with Crippen LogP contribution in [-0.2, 0) is 9.59 Å². The molecule has 0 unspecified atom stereocenters. The van der Waals surface area contributed by atoms with Crippen LogP contribution in [0.1, 0.15) is 19.8 Å². The molecule has 0 spiro atoms. The lowest BCUT2D eigenvalue weighted by Gasteiger charge is -2.18. The van der Waals surface area contributed by atoms with Gasteiger partial charge >= 0.3 is 0 Å². The van der Waals surface area contributed by atoms with Gasteiger partial charge in [-0.15, -0.1) is 13.2 Å². The first-order valence-corrected chi connectivity index (χ1v) is 7.73. The van der Waals surface area contributed by atoms with Gasteiger partial charge in [-0.3, -0.25) is 14.5 Å². The summed E-state index contributed by atoms with van der Waals surface area (Å²) in [5.74, 6) is -0.148. The fraction of sp³-hybridized carbons (Fsp3) is 0.333. The Morgan fingerprint density at radius 3 is 2.17 bits per heavy atom. The van der Waals surface area contributed by atoms with Crippen molar-refractivity contribution in [3.05, 3.63) is 49.6 Å². The third-order valence-electron chi connectivity index (χ3n) is 3.05. The number of benzene rings is 1. The van der Waals surface area contributed by atoms with Gasteiger partial charge in [0, 0.05) is 30.9 Å². The number of hydrogen-bond donors (Lipinski definition) is 2. The number of nitrogens with one attached hydrogen (secondary N) is 2. The number of nitrogens with zero attached hydrogens (tertiary/aromatic N) is 1. The molecular weight excluding hydrogens is 290 g/mol. The molecule has 0 saturated carbocycles. The molecular formula is C18H25N3O2. The van der Waals surface area contributed by atoms with E-state index in [0.29, 0.717) is 30.9 Å². The van der Waals surface area contributed by atoms with Crippen LogP contribution in [-0.4, -0.2) is 36.3 Å². The van der Waals surface area contributed by atoms with E-state index in [4.69, 9.17) is 0 Å². The van der Waals surface area contributed by atoms with E-state index in [1.807, 2.05) is 11.8 Å². The third-order valence-corrected chi connectivity index (χ3v) is 3.05. The first kappa shape index (κ1) is 18.6. The number of carbonyl (C=O) groups is 2. The molecule has 0 bridgehead atoms. The van der Waals surface area contributed by atoms with E-state index >= 15 is 0 Å². The Hall–Kier alpha value is -2.40. The number of rotatable bonds is 10. The summed E-state index contributed by atoms with van der Waals surface area (Å²) in [6.07, 6.45) is 4.78. The summed E-state index contributed by atoms with van der Waals surface area (Å²) in [5.41, 5.74) is 1.33. The van der Waals surface area contributed by atoms with Crippen LogP contribution in [0.15, 0.2) is 49.6 Å². The summed E-state index contributed by atoms with van der Waals surface area (Å²) in [6.45, 7) is 10.8. The van der Waals surface area contributed by atoms with Crippen molar-refractivity contribution in [1.82, 2.24) is 4.90 Å². The fourth-order valence-corrected chi connectivity index (χ4v) is 2.10. The average molecular weight is 315 g/mol. The highest BCUT2D eigenvalue weighted by Gasteiger charge is 2.09. The van der Waals surface area contributed by atoms with Gasteiger partial charge in [0.1, 0.15) is 0 Å². The highest BCUT2D eigenvalue weighted by Crippen LogP contribution is 2.15. The molecule has 0 radical (unpaired) electrons. The summed E-state index contributed by atoms with van der Waals surface area (Å²) < 4.78 is 0. The van der Waals surface area contributed by atoms with E-state index in [0.717, 1.165) is 6.42 Å². The highest BCUT2D eigenvalue weighted by atomic mass is 16.2. The molecule has 5 heteroatoms. The number of anilines is 2. The van der Waals surface area contributed by atoms with Crippen molar-refractivity contribution in [3.63, 3.8) is 0 Å². The van der Waals surface area contributed by atoms with Gasteiger partial charge in [0.15, 0.2) is 0 Å². The van der Waals surface area contributed by atoms with E-state index in [-0.39, 0.29) is 18.4 Å². The van der Waals surface area contributed by atoms with Crippen LogP contribution in [0.3, 0.4) is 0 Å². The fourth-order valence-electron chi connectivity index (χ4n) is 2.10. The second kappa shape index (κ2) is 10.3. The summed E-state index contributed by atoms with van der Waals surface area (Å²) in [5, 5.41) is 5.65. The Labute approximate surface area is 138 Å². The molecule has 0 aliphatic rings. The van der Waals surface area contributed by atoms with Gasteiger partial charge in [-0.25, -0.2) is 0 Å². The monoisotopic (exact) mass is 315 g/mol. The van der Waals surface area contributed by atoms with Crippen LogP contribution in [0.5, 0.6) is 0 Å². The van der Waals surface area contributed by atoms with Gasteiger partial charge in [-0.05, 0) is 24.6 Å². The Kier molecular flexibility index (Phi) is 8.39. The first-order chi connectivity index (χ1) is 11.1. The minimum absolute atomic E-state index is 0.0286. The second-order valence-corrected chi connectivity index (χ2v) is 5.20. The van der Waals surface area contributed by atoms with Gasteiger partial charge in [-0.2, -0.15) is 0 Å². The Bertz CT molecular complexity index is 545. The molecule has 0 atom stereocenters. The molecule has 0 aliphatic carbocycles. The molecule has 0 aliphatic heterocycles. The molecule has 124 valence electrons. The van der Waals surface area contributed by atoms with Crippen molar-refractivity contribution < 1.29 is 9.59 Å². The minimum Gasteiger partial charge on any atom is -0.326 e. The van der Waals surface area contributed by atoms with E-state index in [1.165, 1.54) is 0 Å². The van der Waals surface area contributed by atoms with Crippen molar-refractivity contribution in [2.45, 2.75) is 19.8 Å². The van der Waals surface area contributed by atoms with Crippen LogP contribution in [0.2, 0.25) is 0 Å². The number of amides is 2. The Morgan fingerprint density at radius 2 is 1.65 bits per heavy atom. The zero-order valence-corrected chi connectivity index (χ0v) is 13.7. The predicted octanol–water partition coefficient (Wildman–Crippen LogP) is 3.04. The topological polar surface area (TPSA) is 61.4 Å². The number of carbonyl (C=O) groups excluding carboxylic acids is 2. The van der Waals surface area contributed by atoms with Crippen molar-refractivity contribution in [2.75, 3.05) is 30.3 Å². The zero-order valence-electron chi connectivity index (χ0n) is 13.7. The maximum absolute atomic E-state index is 12.1. The van der Waals surface area contributed by atoms with Crippen LogP contribution < -0.4 is 10.6 Å². The molecule has 2 amide bonds. The maximum atomic E-state index is 12.1. The van der Waals surface area contributed by atoms with Crippen LogP contribution in [0.4, 0.5) is 11.4 Å². The molecule has 2 N–H and O–H groups in total. The van der Waals surface area contributed by atoms with Crippen LogP contribution in [0, 0.1) is 0 Å². The van der Waals surface area contributed by atoms with Crippen molar-refractivity contribution in [2.24, 2.45) is 0 Å². The molecule has 0 aromatic heterocycles. The van der Waals surface area contributed by atoms with Gasteiger partial charge in [0.05, 0.1) is 6.54 Å². The number of hydrogen-bond acceptors (Lipinski definition) is 3. The third kappa shape index (κ3) is 7.42. The van der Waals surface area contributed by atoms with Crippen molar-refractivity contribution in [1.29, 1.82) is 0 Å². The Balaban J connectivity index is 2.62. The molecule has 23 heavy (non-hydrogen) atoms. The molecule has 0 fully saturated rings. The predicted molar refractivity (Wildman–Crippen MR) is 95.4 cm³/mol. The van der Waals surface area contributed by atoms with E-state index < -0.39 is 0 Å². The largest absolute Gasteiger partial charge is 0.326 e. The molecule has 1 aromatic rings. The Morgan fingerprint density at radius 1 is 1.09 bits per heavy atom. The molecule has 0 heterocycles. The maximum Gasteiger partial charge on any atom is 0.238 e. The normalized spacial score (nSPS) is 10.2. The van der Waals surface area contributed by atoms with Gasteiger partial charge in [0.2, 0.25) is 11.8 Å². The SMILES string of the molecule is C=CCN(CC=C)CC(=O)Nc1cccc(NC(=O)CCC)c1. The van der Waals surface area contributed by atoms with Crippen LogP contribution >= 0.6 is 0 Å². The van der Waals surface area contributed by atoms with Gasteiger partial charge < -0.3 is 10.6 Å². The van der Waals surface area contributed by atoms with Gasteiger partial charge in [-0.1, -0.05) is 25.1 Å². The zero-order chi connectivity index (χ0) is 17.1. The molecule has 1 rings (SSSR count). The van der Waals surface area contributed by atoms with E-state index in [1.54, 1.807) is 36.4 Å². The lowest BCUT2D eigenvalue weighted by atomic mass is 10.2. The second-order valence-electron chi connectivity index (χ2n) is 5.20. The van der Waals surface area contributed by atoms with Crippen LogP contribution in [0.25, 0.3) is 0 Å². The smallest absolute Gasteiger partial charge is 0.238 e. The molecule has 0 saturated heterocycles. The molecule has 5 nitrogen and oxygen atoms in total. The van der Waals surface area contributed by atoms with E-state index in [9.17, 15) is 9.59 Å². The first-order valence-electron chi connectivity index (χ1n) is 7.73. The summed E-state index contributed by atoms with van der Waals surface area (Å²) in [7, 11) is 0. The average Bonchev–Trinajstić information content (AvgIpc) is 2.48. The lowest BCUT2D eigenvalue weighted by Crippen LogP contribution is -2.33. The quantitative estimate of drug-likeness (QED) is 0.652. The summed E-state index contributed by atoms with van der Waals surface area (Å²) in [6, 6.07) is 7.13. The van der Waals surface area contributed by atoms with Crippen molar-refractivity contribution in [3.8, 4) is 0 Å².